The van der Waals surface area contributed by atoms with Gasteiger partial charge in [-0.15, -0.1) is 5.16 Å². The first-order chi connectivity index (χ1) is 5.17. The highest BCUT2D eigenvalue weighted by molar-refractivity contribution is 5.65. The van der Waals surface area contributed by atoms with Crippen molar-refractivity contribution in [3.05, 3.63) is 24.3 Å². The maximum atomic E-state index is 9.18. The molecule has 0 fully saturated rings. The Morgan fingerprint density at radius 2 is 2.09 bits per heavy atom. The molecule has 0 amide bonds. The molecule has 0 saturated carbocycles. The van der Waals surface area contributed by atoms with Crippen molar-refractivity contribution in [3.63, 3.8) is 0 Å². The lowest BCUT2D eigenvalue weighted by Crippen LogP contribution is -2.36. The smallest absolute Gasteiger partial charge is 0.194 e. The van der Waals surface area contributed by atoms with Gasteiger partial charge < -0.3 is 15.4 Å². The van der Waals surface area contributed by atoms with Crippen LogP contribution in [0.2, 0.25) is 0 Å². The summed E-state index contributed by atoms with van der Waals surface area (Å²) in [6.45, 7) is 0. The van der Waals surface area contributed by atoms with Crippen molar-refractivity contribution in [2.24, 2.45) is 11.1 Å². The summed E-state index contributed by atoms with van der Waals surface area (Å²) in [6.07, 6.45) is 6.97. The van der Waals surface area contributed by atoms with Gasteiger partial charge in [0, 0.05) is 0 Å². The molecule has 0 spiro atoms. The van der Waals surface area contributed by atoms with Crippen LogP contribution in [0.15, 0.2) is 29.5 Å². The van der Waals surface area contributed by atoms with Crippen LogP contribution in [-0.2, 0) is 0 Å². The molecule has 0 aliphatic heterocycles. The van der Waals surface area contributed by atoms with Crippen molar-refractivity contribution < 1.29 is 15.4 Å². The SMILES string of the molecule is ON=CC1C=CC=CC1(O)O. The van der Waals surface area contributed by atoms with Gasteiger partial charge in [-0.3, -0.25) is 0 Å². The fourth-order valence-corrected chi connectivity index (χ4v) is 0.865. The van der Waals surface area contributed by atoms with E-state index >= 15 is 0 Å². The van der Waals surface area contributed by atoms with Crippen molar-refractivity contribution >= 4 is 6.21 Å². The molecule has 0 bridgehead atoms. The fraction of sp³-hybridized carbons (Fsp3) is 0.286. The van der Waals surface area contributed by atoms with Crippen molar-refractivity contribution in [2.75, 3.05) is 0 Å². The zero-order chi connectivity index (χ0) is 8.32. The molecule has 0 radical (unpaired) electrons. The number of rotatable bonds is 1. The van der Waals surface area contributed by atoms with E-state index in [1.165, 1.54) is 18.2 Å². The first kappa shape index (κ1) is 7.97. The van der Waals surface area contributed by atoms with E-state index in [9.17, 15) is 10.2 Å². The van der Waals surface area contributed by atoms with E-state index in [-0.39, 0.29) is 0 Å². The van der Waals surface area contributed by atoms with Gasteiger partial charge in [0.05, 0.1) is 12.1 Å². The van der Waals surface area contributed by atoms with Crippen molar-refractivity contribution in [2.45, 2.75) is 5.79 Å². The third kappa shape index (κ3) is 1.66. The second-order valence-corrected chi connectivity index (χ2v) is 2.32. The lowest BCUT2D eigenvalue weighted by molar-refractivity contribution is -0.131. The Bertz CT molecular complexity index is 218. The third-order valence-corrected chi connectivity index (χ3v) is 1.49. The average Bonchev–Trinajstić information content (AvgIpc) is 1.94. The number of allylic oxidation sites excluding steroid dienone is 2. The average molecular weight is 155 g/mol. The minimum absolute atomic E-state index is 0.683. The summed E-state index contributed by atoms with van der Waals surface area (Å²) in [5.41, 5.74) is 0. The first-order valence-corrected chi connectivity index (χ1v) is 3.15. The van der Waals surface area contributed by atoms with E-state index in [0.717, 1.165) is 6.21 Å². The van der Waals surface area contributed by atoms with Crippen LogP contribution >= 0.6 is 0 Å². The van der Waals surface area contributed by atoms with Gasteiger partial charge in [0.1, 0.15) is 0 Å². The molecule has 0 aromatic heterocycles. The number of nitrogens with zero attached hydrogens (tertiary/aromatic N) is 1. The Hall–Kier alpha value is -1.13. The van der Waals surface area contributed by atoms with Gasteiger partial charge >= 0.3 is 0 Å². The lowest BCUT2D eigenvalue weighted by atomic mass is 9.95. The second-order valence-electron chi connectivity index (χ2n) is 2.32. The molecule has 1 aliphatic rings. The standard InChI is InChI=1S/C7H9NO3/c9-7(10)4-2-1-3-6(7)5-8-11/h1-6,9-11H. The molecular formula is C7H9NO3. The third-order valence-electron chi connectivity index (χ3n) is 1.49. The fourth-order valence-electron chi connectivity index (χ4n) is 0.865. The van der Waals surface area contributed by atoms with Gasteiger partial charge in [0.15, 0.2) is 5.79 Å². The van der Waals surface area contributed by atoms with Gasteiger partial charge in [-0.25, -0.2) is 0 Å². The molecule has 0 saturated heterocycles. The molecular weight excluding hydrogens is 146 g/mol. The van der Waals surface area contributed by atoms with Gasteiger partial charge in [0.25, 0.3) is 0 Å². The van der Waals surface area contributed by atoms with Gasteiger partial charge in [-0.1, -0.05) is 18.2 Å². The normalized spacial score (nSPS) is 28.0. The largest absolute Gasteiger partial charge is 0.411 e. The Balaban J connectivity index is 2.80. The second kappa shape index (κ2) is 2.86. The van der Waals surface area contributed by atoms with E-state index < -0.39 is 11.7 Å². The van der Waals surface area contributed by atoms with Crippen LogP contribution < -0.4 is 0 Å². The molecule has 0 aromatic rings. The molecule has 60 valence electrons. The van der Waals surface area contributed by atoms with Crippen LogP contribution in [0.4, 0.5) is 0 Å². The maximum absolute atomic E-state index is 9.18. The zero-order valence-electron chi connectivity index (χ0n) is 5.75. The van der Waals surface area contributed by atoms with E-state index in [1.807, 2.05) is 0 Å². The summed E-state index contributed by atoms with van der Waals surface area (Å²) in [6, 6.07) is 0. The molecule has 11 heavy (non-hydrogen) atoms. The molecule has 1 unspecified atom stereocenters. The molecule has 1 rings (SSSR count). The van der Waals surface area contributed by atoms with E-state index in [2.05, 4.69) is 5.16 Å². The van der Waals surface area contributed by atoms with Crippen LogP contribution in [0.3, 0.4) is 0 Å². The first-order valence-electron chi connectivity index (χ1n) is 3.15. The summed E-state index contributed by atoms with van der Waals surface area (Å²) >= 11 is 0. The Kier molecular flexibility index (Phi) is 2.07. The molecule has 4 heteroatoms. The van der Waals surface area contributed by atoms with Crippen molar-refractivity contribution in [3.8, 4) is 0 Å². The topological polar surface area (TPSA) is 73.1 Å². The highest BCUT2D eigenvalue weighted by Gasteiger charge is 2.29. The number of oxime groups is 1. The molecule has 0 aromatic carbocycles. The van der Waals surface area contributed by atoms with Gasteiger partial charge in [0.2, 0.25) is 0 Å². The summed E-state index contributed by atoms with van der Waals surface area (Å²) in [4.78, 5) is 0. The van der Waals surface area contributed by atoms with Crippen LogP contribution in [0.25, 0.3) is 0 Å². The molecule has 0 heterocycles. The molecule has 1 atom stereocenters. The van der Waals surface area contributed by atoms with Crippen molar-refractivity contribution in [1.29, 1.82) is 0 Å². The summed E-state index contributed by atoms with van der Waals surface area (Å²) in [7, 11) is 0. The maximum Gasteiger partial charge on any atom is 0.194 e. The van der Waals surface area contributed by atoms with Crippen LogP contribution in [-0.4, -0.2) is 27.4 Å². The van der Waals surface area contributed by atoms with E-state index in [1.54, 1.807) is 6.08 Å². The quantitative estimate of drug-likeness (QED) is 0.214. The summed E-state index contributed by atoms with van der Waals surface area (Å²) in [5, 5.41) is 29.2. The van der Waals surface area contributed by atoms with Crippen LogP contribution in [0.1, 0.15) is 0 Å². The summed E-state index contributed by atoms with van der Waals surface area (Å²) < 4.78 is 0. The number of hydrogen-bond acceptors (Lipinski definition) is 4. The van der Waals surface area contributed by atoms with Crippen molar-refractivity contribution in [1.82, 2.24) is 0 Å². The predicted octanol–water partition coefficient (Wildman–Crippen LogP) is -0.131. The van der Waals surface area contributed by atoms with Gasteiger partial charge in [-0.05, 0) is 6.08 Å². The molecule has 3 N–H and O–H groups in total. The Morgan fingerprint density at radius 3 is 2.64 bits per heavy atom. The monoisotopic (exact) mass is 155 g/mol. The lowest BCUT2D eigenvalue weighted by Gasteiger charge is -2.24. The van der Waals surface area contributed by atoms with E-state index in [4.69, 9.17) is 5.21 Å². The minimum atomic E-state index is -1.93. The summed E-state index contributed by atoms with van der Waals surface area (Å²) in [5.74, 6) is -2.61. The Morgan fingerprint density at radius 1 is 1.36 bits per heavy atom. The van der Waals surface area contributed by atoms with Gasteiger partial charge in [-0.2, -0.15) is 0 Å². The highest BCUT2D eigenvalue weighted by Crippen LogP contribution is 2.19. The zero-order valence-corrected chi connectivity index (χ0v) is 5.75. The number of hydrogen-bond donors (Lipinski definition) is 3. The minimum Gasteiger partial charge on any atom is -0.411 e. The predicted molar refractivity (Wildman–Crippen MR) is 39.2 cm³/mol. The molecule has 1 aliphatic carbocycles. The molecule has 4 nitrogen and oxygen atoms in total. The number of aliphatic hydroxyl groups is 2. The van der Waals surface area contributed by atoms with Crippen LogP contribution in [0.5, 0.6) is 0 Å². The van der Waals surface area contributed by atoms with E-state index in [0.29, 0.717) is 0 Å². The van der Waals surface area contributed by atoms with Crippen LogP contribution in [0, 0.1) is 5.92 Å². The Labute approximate surface area is 63.8 Å². The highest BCUT2D eigenvalue weighted by atomic mass is 16.5.